The van der Waals surface area contributed by atoms with E-state index in [9.17, 15) is 0 Å². The maximum absolute atomic E-state index is 7.39. The molecule has 0 bridgehead atoms. The maximum atomic E-state index is 7.39. The number of benzene rings is 1. The summed E-state index contributed by atoms with van der Waals surface area (Å²) < 4.78 is 40.9. The van der Waals surface area contributed by atoms with Crippen LogP contribution in [0.3, 0.4) is 0 Å². The van der Waals surface area contributed by atoms with Gasteiger partial charge in [0.2, 0.25) is 0 Å². The largest absolute Gasteiger partial charge is 0.413 e. The van der Waals surface area contributed by atoms with Crippen molar-refractivity contribution in [1.29, 1.82) is 0 Å². The molecule has 1 aromatic carbocycles. The van der Waals surface area contributed by atoms with Crippen molar-refractivity contribution in [2.75, 3.05) is 12.9 Å². The second kappa shape index (κ2) is 16.9. The number of hydrogen-bond acceptors (Lipinski definition) is 7. The zero-order valence-corrected chi connectivity index (χ0v) is 35.3. The molecular weight excluding hydrogens is 641 g/mol. The minimum absolute atomic E-state index is 0.00146. The Morgan fingerprint density at radius 1 is 0.872 bits per heavy atom. The van der Waals surface area contributed by atoms with Crippen LogP contribution in [0.15, 0.2) is 35.2 Å². The van der Waals surface area contributed by atoms with Gasteiger partial charge in [0.1, 0.15) is 0 Å². The van der Waals surface area contributed by atoms with E-state index in [0.29, 0.717) is 0 Å². The van der Waals surface area contributed by atoms with Crippen LogP contribution in [-0.4, -0.2) is 72.1 Å². The Morgan fingerprint density at radius 2 is 1.49 bits per heavy atom. The molecule has 7 atom stereocenters. The minimum atomic E-state index is -2.12. The van der Waals surface area contributed by atoms with Crippen molar-refractivity contribution in [2.24, 2.45) is 5.92 Å². The Morgan fingerprint density at radius 3 is 2.06 bits per heavy atom. The van der Waals surface area contributed by atoms with E-state index in [-0.39, 0.29) is 46.5 Å². The van der Waals surface area contributed by atoms with Gasteiger partial charge in [0.05, 0.1) is 36.4 Å². The van der Waals surface area contributed by atoms with Crippen molar-refractivity contribution >= 4 is 28.4 Å². The van der Waals surface area contributed by atoms with Crippen LogP contribution in [0.25, 0.3) is 0 Å². The molecule has 272 valence electrons. The van der Waals surface area contributed by atoms with E-state index in [4.69, 9.17) is 27.8 Å². The molecule has 0 amide bonds. The van der Waals surface area contributed by atoms with Gasteiger partial charge in [-0.25, -0.2) is 0 Å². The fraction of sp³-hybridized carbons (Fsp3) is 0.842. The van der Waals surface area contributed by atoms with Gasteiger partial charge in [0.15, 0.2) is 28.7 Å². The molecule has 2 aliphatic rings. The van der Waals surface area contributed by atoms with Crippen molar-refractivity contribution in [1.82, 2.24) is 0 Å². The summed E-state index contributed by atoms with van der Waals surface area (Å²) in [6.45, 7) is 29.8. The Balaban J connectivity index is 1.88. The van der Waals surface area contributed by atoms with Crippen LogP contribution in [0.2, 0.25) is 36.3 Å². The Kier molecular flexibility index (Phi) is 14.8. The summed E-state index contributed by atoms with van der Waals surface area (Å²) in [4.78, 5) is 1.26. The molecule has 2 saturated heterocycles. The average molecular weight is 711 g/mol. The van der Waals surface area contributed by atoms with Crippen molar-refractivity contribution in [3.63, 3.8) is 0 Å². The van der Waals surface area contributed by atoms with Gasteiger partial charge in [-0.3, -0.25) is 0 Å². The van der Waals surface area contributed by atoms with Crippen molar-refractivity contribution < 1.29 is 27.8 Å². The number of methoxy groups -OCH3 is 1. The van der Waals surface area contributed by atoms with Gasteiger partial charge < -0.3 is 27.8 Å². The van der Waals surface area contributed by atoms with Gasteiger partial charge in [0.25, 0.3) is 0 Å². The smallest absolute Gasteiger partial charge is 0.192 e. The van der Waals surface area contributed by atoms with Gasteiger partial charge >= 0.3 is 0 Å². The summed E-state index contributed by atoms with van der Waals surface area (Å²) in [6, 6.07) is 10.6. The summed E-state index contributed by atoms with van der Waals surface area (Å²) in [5, 5.41) is 0.193. The molecule has 47 heavy (non-hydrogen) atoms. The highest BCUT2D eigenvalue weighted by molar-refractivity contribution is 7.99. The normalized spacial score (nSPS) is 28.3. The first-order chi connectivity index (χ1) is 21.7. The third-order valence-electron chi connectivity index (χ3n) is 11.0. The van der Waals surface area contributed by atoms with E-state index in [1.165, 1.54) is 17.7 Å². The quantitative estimate of drug-likeness (QED) is 0.102. The zero-order valence-electron chi connectivity index (χ0n) is 32.4. The van der Waals surface area contributed by atoms with Gasteiger partial charge in [-0.15, -0.1) is 11.8 Å². The molecule has 3 rings (SSSR count). The van der Waals surface area contributed by atoms with E-state index in [1.54, 1.807) is 7.11 Å². The molecular formula is C38H70O6SSi2. The molecule has 0 N–H and O–H groups in total. The van der Waals surface area contributed by atoms with E-state index < -0.39 is 28.7 Å². The second-order valence-electron chi connectivity index (χ2n) is 17.5. The lowest BCUT2D eigenvalue weighted by molar-refractivity contribution is -0.307. The molecule has 2 heterocycles. The predicted octanol–water partition coefficient (Wildman–Crippen LogP) is 10.8. The van der Waals surface area contributed by atoms with Gasteiger partial charge in [-0.2, -0.15) is 0 Å². The van der Waals surface area contributed by atoms with Crippen molar-refractivity contribution in [2.45, 2.75) is 191 Å². The third kappa shape index (κ3) is 11.9. The van der Waals surface area contributed by atoms with Crippen LogP contribution in [-0.2, 0) is 27.8 Å². The van der Waals surface area contributed by atoms with Gasteiger partial charge in [0, 0.05) is 30.6 Å². The molecule has 9 heteroatoms. The zero-order chi connectivity index (χ0) is 35.3. The van der Waals surface area contributed by atoms with Crippen LogP contribution in [0.4, 0.5) is 0 Å². The van der Waals surface area contributed by atoms with Gasteiger partial charge in [-0.1, -0.05) is 85.9 Å². The number of unbranched alkanes of at least 4 members (excludes halogenated alkanes) is 2. The average Bonchev–Trinajstić information content (AvgIpc) is 2.94. The Bertz CT molecular complexity index is 1070. The van der Waals surface area contributed by atoms with E-state index in [2.05, 4.69) is 105 Å². The maximum Gasteiger partial charge on any atom is 0.192 e. The molecule has 0 radical (unpaired) electrons. The molecule has 6 nitrogen and oxygen atoms in total. The fourth-order valence-corrected chi connectivity index (χ4v) is 10.0. The highest BCUT2D eigenvalue weighted by Gasteiger charge is 2.51. The molecule has 1 aromatic rings. The molecule has 2 aliphatic heterocycles. The van der Waals surface area contributed by atoms with E-state index >= 15 is 0 Å². The van der Waals surface area contributed by atoms with E-state index in [0.717, 1.165) is 37.9 Å². The van der Waals surface area contributed by atoms with E-state index in [1.807, 2.05) is 25.6 Å². The molecule has 2 fully saturated rings. The highest BCUT2D eigenvalue weighted by Crippen LogP contribution is 2.46. The van der Waals surface area contributed by atoms with Crippen LogP contribution >= 0.6 is 11.8 Å². The highest BCUT2D eigenvalue weighted by atomic mass is 32.2. The Labute approximate surface area is 295 Å². The molecule has 0 saturated carbocycles. The van der Waals surface area contributed by atoms with Crippen LogP contribution in [0.1, 0.15) is 107 Å². The summed E-state index contributed by atoms with van der Waals surface area (Å²) in [5.41, 5.74) is 0. The number of rotatable bonds is 15. The standard InChI is InChI=1S/C38H70O6SSi2/c1-15-16-18-23-32(43-46(11,12)36(2,3)4)34-33(44-47(13,14)37(5,6)7)26-28(40-35(34)39-10)24-29-25-30(42-38(8,9)41-29)27-45-31-21-19-17-20-22-31/h17,19-22,28-30,32-35H,15-16,18,23-27H2,1-14H3/t28-,29+,30+,32+,33-,34+,35?/m1/s1. The lowest BCUT2D eigenvalue weighted by Gasteiger charge is -2.51. The molecule has 0 aliphatic carbocycles. The topological polar surface area (TPSA) is 55.4 Å². The lowest BCUT2D eigenvalue weighted by Crippen LogP contribution is -2.58. The number of thioether (sulfide) groups is 1. The first-order valence-corrected chi connectivity index (χ1v) is 25.1. The second-order valence-corrected chi connectivity index (χ2v) is 28.1. The summed E-state index contributed by atoms with van der Waals surface area (Å²) in [6.07, 6.45) is 6.61. The molecule has 0 aromatic heterocycles. The van der Waals surface area contributed by atoms with Crippen LogP contribution in [0, 0.1) is 5.92 Å². The summed E-state index contributed by atoms with van der Waals surface area (Å²) in [7, 11) is -2.41. The SMILES string of the molecule is CCCCC[C@H](O[Si](C)(C)C(C)(C)C)[C@@H]1C(OC)O[C@H](C[C@H]2C[C@@H](CSc3ccccc3)OC(C)(C)O2)C[C@H]1O[Si](C)(C)C(C)(C)C. The minimum Gasteiger partial charge on any atom is -0.413 e. The van der Waals surface area contributed by atoms with Crippen LogP contribution in [0.5, 0.6) is 0 Å². The van der Waals surface area contributed by atoms with Crippen molar-refractivity contribution in [3.8, 4) is 0 Å². The fourth-order valence-electron chi connectivity index (χ4n) is 6.33. The third-order valence-corrected chi connectivity index (χ3v) is 21.1. The van der Waals surface area contributed by atoms with Crippen LogP contribution < -0.4 is 0 Å². The number of ether oxygens (including phenoxy) is 4. The summed E-state index contributed by atoms with van der Waals surface area (Å²) in [5.74, 6) is 0.239. The monoisotopic (exact) mass is 710 g/mol. The van der Waals surface area contributed by atoms with Crippen molar-refractivity contribution in [3.05, 3.63) is 30.3 Å². The molecule has 0 spiro atoms. The Hall–Kier alpha value is -0.236. The lowest BCUT2D eigenvalue weighted by atomic mass is 9.85. The number of hydrogen-bond donors (Lipinski definition) is 0. The first-order valence-electron chi connectivity index (χ1n) is 18.3. The summed E-state index contributed by atoms with van der Waals surface area (Å²) >= 11 is 1.85. The van der Waals surface area contributed by atoms with Gasteiger partial charge in [-0.05, 0) is 75.1 Å². The molecule has 1 unspecified atom stereocenters. The predicted molar refractivity (Wildman–Crippen MR) is 202 cm³/mol. The first kappa shape index (κ1) is 41.2.